The highest BCUT2D eigenvalue weighted by atomic mass is 35.5. The second kappa shape index (κ2) is 8.46. The van der Waals surface area contributed by atoms with Gasteiger partial charge in [-0.25, -0.2) is 4.68 Å². The topological polar surface area (TPSA) is 63.1 Å². The predicted molar refractivity (Wildman–Crippen MR) is 95.7 cm³/mol. The highest BCUT2D eigenvalue weighted by Gasteiger charge is 2.20. The number of amides is 1. The molecule has 0 unspecified atom stereocenters. The molecule has 1 amide bonds. The number of hydrogen-bond acceptors (Lipinski definition) is 4. The van der Waals surface area contributed by atoms with Crippen LogP contribution < -0.4 is 5.32 Å². The minimum atomic E-state index is -0.134. The first-order chi connectivity index (χ1) is 11.1. The lowest BCUT2D eigenvalue weighted by Crippen LogP contribution is -2.29. The fourth-order valence-corrected chi connectivity index (χ4v) is 3.01. The van der Waals surface area contributed by atoms with Crippen molar-refractivity contribution in [2.75, 3.05) is 20.1 Å². The Kier molecular flexibility index (Phi) is 6.60. The first kappa shape index (κ1) is 18.7. The van der Waals surface area contributed by atoms with Crippen molar-refractivity contribution >= 4 is 29.9 Å². The zero-order valence-electron chi connectivity index (χ0n) is 13.5. The maximum absolute atomic E-state index is 12.5. The van der Waals surface area contributed by atoms with Crippen LogP contribution in [0.4, 0.5) is 0 Å². The van der Waals surface area contributed by atoms with Gasteiger partial charge in [-0.2, -0.15) is 0 Å². The molecule has 1 aliphatic rings. The summed E-state index contributed by atoms with van der Waals surface area (Å²) in [5.74, 6) is -0.134. The van der Waals surface area contributed by atoms with E-state index >= 15 is 0 Å². The van der Waals surface area contributed by atoms with Crippen molar-refractivity contribution in [2.45, 2.75) is 25.4 Å². The van der Waals surface area contributed by atoms with Crippen LogP contribution in [0.1, 0.15) is 34.9 Å². The molecule has 0 saturated carbocycles. The van der Waals surface area contributed by atoms with Gasteiger partial charge in [0.2, 0.25) is 0 Å². The lowest BCUT2D eigenvalue weighted by molar-refractivity contribution is 0.0779. The highest BCUT2D eigenvalue weighted by Crippen LogP contribution is 2.18. The van der Waals surface area contributed by atoms with Crippen molar-refractivity contribution in [3.63, 3.8) is 0 Å². The summed E-state index contributed by atoms with van der Waals surface area (Å²) in [6, 6.07) is 7.82. The maximum Gasteiger partial charge on any atom is 0.276 e. The van der Waals surface area contributed by atoms with Crippen molar-refractivity contribution in [3.8, 4) is 0 Å². The fourth-order valence-electron chi connectivity index (χ4n) is 2.80. The standard InChI is InChI=1S/C16H20ClN5O.ClH/c1-21(10-12-3-2-4-13(17)9-12)16(23)15-11-22(20-19-15)14-5-7-18-8-6-14;/h2-4,9,11,14,18H,5-8,10H2,1H3;1H. The molecule has 2 aromatic rings. The van der Waals surface area contributed by atoms with Crippen molar-refractivity contribution in [1.82, 2.24) is 25.2 Å². The van der Waals surface area contributed by atoms with E-state index in [4.69, 9.17) is 11.6 Å². The van der Waals surface area contributed by atoms with Crippen molar-refractivity contribution in [1.29, 1.82) is 0 Å². The van der Waals surface area contributed by atoms with Crippen LogP contribution in [0.15, 0.2) is 30.5 Å². The van der Waals surface area contributed by atoms with Gasteiger partial charge in [0.1, 0.15) is 0 Å². The lowest BCUT2D eigenvalue weighted by Gasteiger charge is -2.22. The average molecular weight is 370 g/mol. The smallest absolute Gasteiger partial charge is 0.276 e. The monoisotopic (exact) mass is 369 g/mol. The molecule has 3 rings (SSSR count). The summed E-state index contributed by atoms with van der Waals surface area (Å²) < 4.78 is 1.82. The molecule has 1 aromatic carbocycles. The Hall–Kier alpha value is -1.63. The zero-order valence-corrected chi connectivity index (χ0v) is 15.1. The summed E-state index contributed by atoms with van der Waals surface area (Å²) in [5.41, 5.74) is 1.37. The number of carbonyl (C=O) groups is 1. The van der Waals surface area contributed by atoms with E-state index in [1.807, 2.05) is 28.9 Å². The number of nitrogens with zero attached hydrogens (tertiary/aromatic N) is 4. The Morgan fingerprint density at radius 2 is 2.17 bits per heavy atom. The van der Waals surface area contributed by atoms with E-state index in [-0.39, 0.29) is 18.3 Å². The van der Waals surface area contributed by atoms with Gasteiger partial charge < -0.3 is 10.2 Å². The lowest BCUT2D eigenvalue weighted by atomic mass is 10.1. The molecular formula is C16H21Cl2N5O. The molecule has 8 heteroatoms. The van der Waals surface area contributed by atoms with Gasteiger partial charge in [0.15, 0.2) is 5.69 Å². The van der Waals surface area contributed by atoms with Crippen molar-refractivity contribution < 1.29 is 4.79 Å². The van der Waals surface area contributed by atoms with Gasteiger partial charge in [-0.3, -0.25) is 4.79 Å². The minimum absolute atomic E-state index is 0. The van der Waals surface area contributed by atoms with Gasteiger partial charge in [-0.05, 0) is 43.6 Å². The minimum Gasteiger partial charge on any atom is -0.336 e. The van der Waals surface area contributed by atoms with E-state index in [1.54, 1.807) is 18.1 Å². The van der Waals surface area contributed by atoms with Crippen LogP contribution in [0.2, 0.25) is 5.02 Å². The molecule has 0 atom stereocenters. The number of halogens is 2. The molecule has 0 bridgehead atoms. The first-order valence-corrected chi connectivity index (χ1v) is 8.14. The summed E-state index contributed by atoms with van der Waals surface area (Å²) in [7, 11) is 1.76. The Morgan fingerprint density at radius 3 is 2.88 bits per heavy atom. The fraction of sp³-hybridized carbons (Fsp3) is 0.438. The Morgan fingerprint density at radius 1 is 1.42 bits per heavy atom. The molecule has 1 N–H and O–H groups in total. The molecule has 1 aliphatic heterocycles. The van der Waals surface area contributed by atoms with Crippen LogP contribution in [0, 0.1) is 0 Å². The molecule has 0 aliphatic carbocycles. The third-order valence-electron chi connectivity index (χ3n) is 4.07. The van der Waals surface area contributed by atoms with E-state index in [1.165, 1.54) is 0 Å². The van der Waals surface area contributed by atoms with Crippen LogP contribution in [0.5, 0.6) is 0 Å². The summed E-state index contributed by atoms with van der Waals surface area (Å²) >= 11 is 5.98. The Balaban J connectivity index is 0.00000208. The number of hydrogen-bond donors (Lipinski definition) is 1. The molecule has 130 valence electrons. The molecule has 6 nitrogen and oxygen atoms in total. The number of rotatable bonds is 4. The molecule has 2 heterocycles. The molecule has 1 fully saturated rings. The van der Waals surface area contributed by atoms with Gasteiger partial charge >= 0.3 is 0 Å². The van der Waals surface area contributed by atoms with E-state index in [0.29, 0.717) is 23.3 Å². The van der Waals surface area contributed by atoms with E-state index in [2.05, 4.69) is 15.6 Å². The van der Waals surface area contributed by atoms with E-state index < -0.39 is 0 Å². The summed E-state index contributed by atoms with van der Waals surface area (Å²) in [6.45, 7) is 2.44. The Labute approximate surface area is 152 Å². The van der Waals surface area contributed by atoms with Crippen LogP contribution >= 0.6 is 24.0 Å². The first-order valence-electron chi connectivity index (χ1n) is 7.76. The molecule has 0 radical (unpaired) electrons. The number of aromatic nitrogens is 3. The van der Waals surface area contributed by atoms with Crippen LogP contribution in [0.3, 0.4) is 0 Å². The summed E-state index contributed by atoms with van der Waals surface area (Å²) in [6.07, 6.45) is 3.78. The second-order valence-corrected chi connectivity index (χ2v) is 6.29. The molecular weight excluding hydrogens is 349 g/mol. The SMILES string of the molecule is CN(Cc1cccc(Cl)c1)C(=O)c1cn(C2CCNCC2)nn1.Cl. The number of benzene rings is 1. The van der Waals surface area contributed by atoms with Crippen LogP contribution in [-0.4, -0.2) is 45.9 Å². The van der Waals surface area contributed by atoms with Crippen LogP contribution in [0.25, 0.3) is 0 Å². The summed E-state index contributed by atoms with van der Waals surface area (Å²) in [4.78, 5) is 14.1. The molecule has 1 aromatic heterocycles. The third kappa shape index (κ3) is 4.47. The molecule has 24 heavy (non-hydrogen) atoms. The third-order valence-corrected chi connectivity index (χ3v) is 4.30. The summed E-state index contributed by atoms with van der Waals surface area (Å²) in [5, 5.41) is 12.2. The average Bonchev–Trinajstić information content (AvgIpc) is 3.05. The van der Waals surface area contributed by atoms with Gasteiger partial charge in [-0.15, -0.1) is 17.5 Å². The number of nitrogens with one attached hydrogen (secondary N) is 1. The Bertz CT molecular complexity index is 685. The van der Waals surface area contributed by atoms with E-state index in [0.717, 1.165) is 31.5 Å². The number of piperidine rings is 1. The number of carbonyl (C=O) groups excluding carboxylic acids is 1. The quantitative estimate of drug-likeness (QED) is 0.899. The zero-order chi connectivity index (χ0) is 16.2. The van der Waals surface area contributed by atoms with Gasteiger partial charge in [-0.1, -0.05) is 28.9 Å². The van der Waals surface area contributed by atoms with E-state index in [9.17, 15) is 4.79 Å². The van der Waals surface area contributed by atoms with Crippen molar-refractivity contribution in [2.24, 2.45) is 0 Å². The molecule has 0 spiro atoms. The van der Waals surface area contributed by atoms with Crippen molar-refractivity contribution in [3.05, 3.63) is 46.7 Å². The normalized spacial score (nSPS) is 14.9. The largest absolute Gasteiger partial charge is 0.336 e. The maximum atomic E-state index is 12.5. The van der Waals surface area contributed by atoms with Gasteiger partial charge in [0.25, 0.3) is 5.91 Å². The molecule has 1 saturated heterocycles. The predicted octanol–water partition coefficient (Wildman–Crippen LogP) is 2.55. The van der Waals surface area contributed by atoms with Gasteiger partial charge in [0.05, 0.1) is 12.2 Å². The highest BCUT2D eigenvalue weighted by molar-refractivity contribution is 6.30. The second-order valence-electron chi connectivity index (χ2n) is 5.86. The van der Waals surface area contributed by atoms with Gasteiger partial charge in [0, 0.05) is 18.6 Å². The van der Waals surface area contributed by atoms with Crippen LogP contribution in [-0.2, 0) is 6.54 Å².